The van der Waals surface area contributed by atoms with Crippen molar-refractivity contribution >= 4 is 43.7 Å². The van der Waals surface area contributed by atoms with Crippen molar-refractivity contribution in [3.8, 4) is 5.75 Å². The summed E-state index contributed by atoms with van der Waals surface area (Å²) in [5.74, 6) is 1.73. The van der Waals surface area contributed by atoms with Crippen LogP contribution < -0.4 is 14.5 Å². The molecule has 5 rings (SSSR count). The van der Waals surface area contributed by atoms with Crippen LogP contribution in [-0.4, -0.2) is 71.5 Å². The first kappa shape index (κ1) is 19.0. The molecule has 0 spiro atoms. The van der Waals surface area contributed by atoms with Crippen molar-refractivity contribution in [2.45, 2.75) is 6.54 Å². The van der Waals surface area contributed by atoms with E-state index in [2.05, 4.69) is 30.8 Å². The fourth-order valence-corrected chi connectivity index (χ4v) is 4.72. The van der Waals surface area contributed by atoms with E-state index in [0.29, 0.717) is 6.61 Å². The number of methoxy groups -OCH3 is 2. The smallest absolute Gasteiger partial charge is 0.186 e. The largest absolute Gasteiger partial charge is 0.497 e. The number of fused-ring (bicyclic) bond motifs is 2. The Morgan fingerprint density at radius 3 is 2.67 bits per heavy atom. The first-order chi connectivity index (χ1) is 14.8. The molecule has 1 aliphatic rings. The summed E-state index contributed by atoms with van der Waals surface area (Å²) in [6, 6.07) is 6.04. The normalized spacial score (nSPS) is 14.7. The molecule has 0 aliphatic carbocycles. The van der Waals surface area contributed by atoms with E-state index in [0.717, 1.165) is 66.1 Å². The molecule has 0 saturated carbocycles. The molecule has 156 valence electrons. The first-order valence-electron chi connectivity index (χ1n) is 9.86. The van der Waals surface area contributed by atoms with Crippen molar-refractivity contribution in [2.75, 3.05) is 56.8 Å². The number of ether oxygens (including phenoxy) is 2. The van der Waals surface area contributed by atoms with Crippen molar-refractivity contribution in [3.63, 3.8) is 0 Å². The van der Waals surface area contributed by atoms with Gasteiger partial charge in [-0.3, -0.25) is 0 Å². The Bertz CT molecular complexity index is 1170. The van der Waals surface area contributed by atoms with E-state index in [9.17, 15) is 0 Å². The molecule has 4 aromatic rings. The molecule has 1 aromatic carbocycles. The maximum Gasteiger partial charge on any atom is 0.186 e. The van der Waals surface area contributed by atoms with Crippen molar-refractivity contribution in [3.05, 3.63) is 30.9 Å². The van der Waals surface area contributed by atoms with E-state index < -0.39 is 0 Å². The summed E-state index contributed by atoms with van der Waals surface area (Å²) in [7, 11) is 3.37. The number of thiazole rings is 1. The lowest BCUT2D eigenvalue weighted by Crippen LogP contribution is -2.46. The number of hydrogen-bond donors (Lipinski definition) is 0. The Balaban J connectivity index is 1.33. The fraction of sp³-hybridized carbons (Fsp3) is 0.400. The van der Waals surface area contributed by atoms with Gasteiger partial charge in [0.2, 0.25) is 0 Å². The lowest BCUT2D eigenvalue weighted by molar-refractivity contribution is 0.188. The van der Waals surface area contributed by atoms with Gasteiger partial charge in [-0.25, -0.2) is 19.9 Å². The molecular formula is C20H23N7O2S. The maximum absolute atomic E-state index is 5.32. The van der Waals surface area contributed by atoms with Crippen molar-refractivity contribution in [2.24, 2.45) is 0 Å². The standard InChI is InChI=1S/C20H23N7O2S/c1-28-10-9-27-13-23-17-18(21-12-22-19(17)27)25-5-7-26(8-6-25)20-24-15-11-14(29-2)3-4-16(15)30-20/h3-4,11-13H,5-10H2,1-2H3. The Hall–Kier alpha value is -2.98. The average molecular weight is 426 g/mol. The zero-order chi connectivity index (χ0) is 20.5. The minimum absolute atomic E-state index is 0.623. The van der Waals surface area contributed by atoms with Gasteiger partial charge in [-0.1, -0.05) is 11.3 Å². The molecule has 0 amide bonds. The SMILES string of the molecule is COCCn1cnc2c(N3CCN(c4nc5cc(OC)ccc5s4)CC3)ncnc21. The summed E-state index contributed by atoms with van der Waals surface area (Å²) in [5, 5.41) is 1.05. The topological polar surface area (TPSA) is 81.4 Å². The number of rotatable bonds is 6. The van der Waals surface area contributed by atoms with Crippen LogP contribution in [0.15, 0.2) is 30.9 Å². The molecule has 9 nitrogen and oxygen atoms in total. The van der Waals surface area contributed by atoms with Gasteiger partial charge in [-0.15, -0.1) is 0 Å². The molecule has 0 unspecified atom stereocenters. The van der Waals surface area contributed by atoms with Crippen molar-refractivity contribution in [1.82, 2.24) is 24.5 Å². The number of nitrogens with zero attached hydrogens (tertiary/aromatic N) is 7. The lowest BCUT2D eigenvalue weighted by atomic mass is 10.3. The van der Waals surface area contributed by atoms with E-state index in [-0.39, 0.29) is 0 Å². The van der Waals surface area contributed by atoms with Gasteiger partial charge in [-0.05, 0) is 12.1 Å². The fourth-order valence-electron chi connectivity index (χ4n) is 3.72. The summed E-state index contributed by atoms with van der Waals surface area (Å²) in [4.78, 5) is 23.0. The van der Waals surface area contributed by atoms with Gasteiger partial charge in [0.05, 0.1) is 30.3 Å². The number of anilines is 2. The molecule has 1 fully saturated rings. The third kappa shape index (κ3) is 3.41. The van der Waals surface area contributed by atoms with Gasteiger partial charge in [0.25, 0.3) is 0 Å². The van der Waals surface area contributed by atoms with E-state index in [1.165, 1.54) is 4.70 Å². The molecule has 1 saturated heterocycles. The molecule has 0 radical (unpaired) electrons. The Morgan fingerprint density at radius 2 is 1.87 bits per heavy atom. The third-order valence-electron chi connectivity index (χ3n) is 5.35. The molecule has 3 aromatic heterocycles. The monoisotopic (exact) mass is 425 g/mol. The van der Waals surface area contributed by atoms with Crippen molar-refractivity contribution < 1.29 is 9.47 Å². The van der Waals surface area contributed by atoms with Crippen LogP contribution in [-0.2, 0) is 11.3 Å². The Morgan fingerprint density at radius 1 is 1.03 bits per heavy atom. The second kappa shape index (κ2) is 8.04. The first-order valence-corrected chi connectivity index (χ1v) is 10.7. The number of hydrogen-bond acceptors (Lipinski definition) is 9. The van der Waals surface area contributed by atoms with Gasteiger partial charge < -0.3 is 23.8 Å². The highest BCUT2D eigenvalue weighted by molar-refractivity contribution is 7.22. The van der Waals surface area contributed by atoms with E-state index in [1.54, 1.807) is 31.9 Å². The second-order valence-corrected chi connectivity index (χ2v) is 8.11. The number of benzene rings is 1. The molecule has 0 atom stereocenters. The number of imidazole rings is 1. The van der Waals surface area contributed by atoms with Crippen LogP contribution in [0, 0.1) is 0 Å². The van der Waals surface area contributed by atoms with Crippen LogP contribution in [0.25, 0.3) is 21.4 Å². The second-order valence-electron chi connectivity index (χ2n) is 7.10. The minimum Gasteiger partial charge on any atom is -0.497 e. The molecule has 10 heteroatoms. The van der Waals surface area contributed by atoms with E-state index in [4.69, 9.17) is 14.5 Å². The predicted octanol–water partition coefficient (Wildman–Crippen LogP) is 2.42. The average Bonchev–Trinajstić information content (AvgIpc) is 3.41. The summed E-state index contributed by atoms with van der Waals surface area (Å²) >= 11 is 1.72. The van der Waals surface area contributed by atoms with Crippen molar-refractivity contribution in [1.29, 1.82) is 0 Å². The summed E-state index contributed by atoms with van der Waals surface area (Å²) in [6.07, 6.45) is 3.43. The molecule has 4 heterocycles. The number of aromatic nitrogens is 5. The molecule has 30 heavy (non-hydrogen) atoms. The third-order valence-corrected chi connectivity index (χ3v) is 6.45. The van der Waals surface area contributed by atoms with Gasteiger partial charge in [0, 0.05) is 45.9 Å². The quantitative estimate of drug-likeness (QED) is 0.466. The zero-order valence-electron chi connectivity index (χ0n) is 17.0. The van der Waals surface area contributed by atoms with Gasteiger partial charge >= 0.3 is 0 Å². The summed E-state index contributed by atoms with van der Waals surface area (Å²) in [5.41, 5.74) is 2.67. The highest BCUT2D eigenvalue weighted by Gasteiger charge is 2.23. The highest BCUT2D eigenvalue weighted by Crippen LogP contribution is 2.32. The van der Waals surface area contributed by atoms with Gasteiger partial charge in [0.15, 0.2) is 22.1 Å². The predicted molar refractivity (Wildman–Crippen MR) is 118 cm³/mol. The molecular weight excluding hydrogens is 402 g/mol. The van der Waals surface area contributed by atoms with Gasteiger partial charge in [-0.2, -0.15) is 0 Å². The van der Waals surface area contributed by atoms with Crippen LogP contribution >= 0.6 is 11.3 Å². The summed E-state index contributed by atoms with van der Waals surface area (Å²) < 4.78 is 13.7. The van der Waals surface area contributed by atoms with Crippen LogP contribution in [0.2, 0.25) is 0 Å². The molecule has 0 N–H and O–H groups in total. The highest BCUT2D eigenvalue weighted by atomic mass is 32.1. The summed E-state index contributed by atoms with van der Waals surface area (Å²) in [6.45, 7) is 4.82. The number of piperazine rings is 1. The van der Waals surface area contributed by atoms with Crippen LogP contribution in [0.3, 0.4) is 0 Å². The molecule has 0 bridgehead atoms. The lowest BCUT2D eigenvalue weighted by Gasteiger charge is -2.35. The van der Waals surface area contributed by atoms with Crippen LogP contribution in [0.5, 0.6) is 5.75 Å². The zero-order valence-corrected chi connectivity index (χ0v) is 17.8. The van der Waals surface area contributed by atoms with Crippen LogP contribution in [0.4, 0.5) is 10.9 Å². The maximum atomic E-state index is 5.32. The Kier molecular flexibility index (Phi) is 5.09. The van der Waals surface area contributed by atoms with Gasteiger partial charge in [0.1, 0.15) is 12.1 Å². The molecule has 1 aliphatic heterocycles. The minimum atomic E-state index is 0.623. The van der Waals surface area contributed by atoms with E-state index in [1.807, 2.05) is 23.0 Å². The van der Waals surface area contributed by atoms with E-state index >= 15 is 0 Å². The Labute approximate surface area is 177 Å². The van der Waals surface area contributed by atoms with Crippen LogP contribution in [0.1, 0.15) is 0 Å².